The number of amides is 2. The number of carbonyl (C=O) groups is 1. The molecule has 2 amide bonds. The van der Waals surface area contributed by atoms with E-state index in [9.17, 15) is 26.4 Å². The molecule has 1 heterocycles. The summed E-state index contributed by atoms with van der Waals surface area (Å²) in [5.41, 5.74) is 1.29. The van der Waals surface area contributed by atoms with Crippen LogP contribution < -0.4 is 19.7 Å². The molecule has 1 fully saturated rings. The van der Waals surface area contributed by atoms with Crippen molar-refractivity contribution < 1.29 is 31.1 Å². The van der Waals surface area contributed by atoms with Crippen LogP contribution in [0.2, 0.25) is 0 Å². The molecule has 3 aromatic rings. The van der Waals surface area contributed by atoms with Crippen LogP contribution in [-0.4, -0.2) is 51.3 Å². The van der Waals surface area contributed by atoms with Crippen molar-refractivity contribution in [3.05, 3.63) is 83.9 Å². The normalized spacial score (nSPS) is 14.4. The first-order valence-corrected chi connectivity index (χ1v) is 16.1. The number of sulfonamides is 1. The molecule has 44 heavy (non-hydrogen) atoms. The Kier molecular flexibility index (Phi) is 12.3. The molecule has 0 bridgehead atoms. The second kappa shape index (κ2) is 15.5. The lowest BCUT2D eigenvalue weighted by atomic mass is 10.0. The molecule has 0 atom stereocenters. The number of piperidine rings is 1. The standard InChI is InChI=1S/C31H37F3N4O4S.ClH/c1-3-4-19-38(27-11-7-24(8-12-27)31(32,33)34)30(39)35-25-17-20-37(21-18-25)22-23-5-13-28(14-6-23)42-29-15-9-26(10-16-29)36-43(2,40)41;/h5-16,25,36H,3-4,17-22H2,1-2H3,(H,35,39);1H. The van der Waals surface area contributed by atoms with Crippen LogP contribution >= 0.6 is 12.4 Å². The van der Waals surface area contributed by atoms with Crippen molar-refractivity contribution in [1.82, 2.24) is 10.2 Å². The van der Waals surface area contributed by atoms with Gasteiger partial charge in [0.05, 0.1) is 11.8 Å². The lowest BCUT2D eigenvalue weighted by molar-refractivity contribution is -0.137. The summed E-state index contributed by atoms with van der Waals surface area (Å²) in [5.74, 6) is 1.25. The summed E-state index contributed by atoms with van der Waals surface area (Å²) in [4.78, 5) is 17.0. The van der Waals surface area contributed by atoms with Crippen molar-refractivity contribution in [2.45, 2.75) is 51.4 Å². The fraction of sp³-hybridized carbons (Fsp3) is 0.387. The van der Waals surface area contributed by atoms with Crippen LogP contribution in [-0.2, 0) is 22.7 Å². The van der Waals surface area contributed by atoms with Crippen molar-refractivity contribution in [1.29, 1.82) is 0 Å². The number of likely N-dealkylation sites (tertiary alicyclic amines) is 1. The number of nitrogens with one attached hydrogen (secondary N) is 2. The van der Waals surface area contributed by atoms with Gasteiger partial charge in [-0.25, -0.2) is 13.2 Å². The molecule has 0 saturated carbocycles. The van der Waals surface area contributed by atoms with Crippen molar-refractivity contribution >= 4 is 39.8 Å². The van der Waals surface area contributed by atoms with E-state index in [1.54, 1.807) is 24.3 Å². The van der Waals surface area contributed by atoms with E-state index in [1.165, 1.54) is 17.0 Å². The lowest BCUT2D eigenvalue weighted by Crippen LogP contribution is -2.49. The highest BCUT2D eigenvalue weighted by molar-refractivity contribution is 7.92. The molecule has 0 spiro atoms. The van der Waals surface area contributed by atoms with Gasteiger partial charge in [-0.3, -0.25) is 14.5 Å². The highest BCUT2D eigenvalue weighted by atomic mass is 35.5. The molecular formula is C31H38ClF3N4O4S. The maximum Gasteiger partial charge on any atom is 0.416 e. The van der Waals surface area contributed by atoms with Crippen LogP contribution in [0.4, 0.5) is 29.3 Å². The van der Waals surface area contributed by atoms with Gasteiger partial charge in [0.25, 0.3) is 0 Å². The van der Waals surface area contributed by atoms with Gasteiger partial charge < -0.3 is 10.1 Å². The fourth-order valence-corrected chi connectivity index (χ4v) is 5.41. The molecule has 240 valence electrons. The summed E-state index contributed by atoms with van der Waals surface area (Å²) in [6, 6.07) is 18.8. The molecule has 4 rings (SSSR count). The summed E-state index contributed by atoms with van der Waals surface area (Å²) in [6.45, 7) is 4.78. The fourth-order valence-electron chi connectivity index (χ4n) is 4.84. The molecular weight excluding hydrogens is 617 g/mol. The van der Waals surface area contributed by atoms with E-state index < -0.39 is 21.8 Å². The van der Waals surface area contributed by atoms with Crippen LogP contribution in [0, 0.1) is 0 Å². The van der Waals surface area contributed by atoms with Crippen LogP contribution in [0.15, 0.2) is 72.8 Å². The number of hydrogen-bond donors (Lipinski definition) is 2. The maximum absolute atomic E-state index is 13.1. The summed E-state index contributed by atoms with van der Waals surface area (Å²) in [6.07, 6.45) is -0.192. The SMILES string of the molecule is CCCCN(C(=O)NC1CCN(Cc2ccc(Oc3ccc(NS(C)(=O)=O)cc3)cc2)CC1)c1ccc(C(F)(F)F)cc1.Cl. The molecule has 8 nitrogen and oxygen atoms in total. The Bertz CT molecular complexity index is 1450. The van der Waals surface area contributed by atoms with Gasteiger partial charge >= 0.3 is 12.2 Å². The van der Waals surface area contributed by atoms with E-state index in [4.69, 9.17) is 4.74 Å². The van der Waals surface area contributed by atoms with Gasteiger partial charge in [-0.1, -0.05) is 25.5 Å². The van der Waals surface area contributed by atoms with E-state index in [-0.39, 0.29) is 24.5 Å². The van der Waals surface area contributed by atoms with E-state index in [2.05, 4.69) is 14.9 Å². The molecule has 1 aliphatic heterocycles. The Morgan fingerprint density at radius 1 is 0.955 bits per heavy atom. The quantitative estimate of drug-likeness (QED) is 0.227. The minimum atomic E-state index is -4.42. The Morgan fingerprint density at radius 2 is 1.52 bits per heavy atom. The highest BCUT2D eigenvalue weighted by Crippen LogP contribution is 2.31. The number of hydrogen-bond acceptors (Lipinski definition) is 5. The number of urea groups is 1. The zero-order valence-corrected chi connectivity index (χ0v) is 26.3. The van der Waals surface area contributed by atoms with E-state index in [0.717, 1.165) is 69.3 Å². The predicted octanol–water partition coefficient (Wildman–Crippen LogP) is 7.27. The largest absolute Gasteiger partial charge is 0.457 e. The molecule has 0 aliphatic carbocycles. The Morgan fingerprint density at radius 3 is 2.05 bits per heavy atom. The molecule has 0 aromatic heterocycles. The molecule has 1 saturated heterocycles. The number of rotatable bonds is 11. The summed E-state index contributed by atoms with van der Waals surface area (Å²) in [7, 11) is -3.34. The molecule has 3 aromatic carbocycles. The summed E-state index contributed by atoms with van der Waals surface area (Å²) < 4.78 is 70.0. The monoisotopic (exact) mass is 654 g/mol. The van der Waals surface area contributed by atoms with Gasteiger partial charge in [0.1, 0.15) is 11.5 Å². The van der Waals surface area contributed by atoms with Crippen LogP contribution in [0.3, 0.4) is 0 Å². The first-order chi connectivity index (χ1) is 20.4. The zero-order chi connectivity index (χ0) is 31.0. The average Bonchev–Trinajstić information content (AvgIpc) is 2.95. The van der Waals surface area contributed by atoms with Crippen molar-refractivity contribution in [3.8, 4) is 11.5 Å². The number of benzene rings is 3. The Balaban J connectivity index is 0.00000529. The predicted molar refractivity (Wildman–Crippen MR) is 169 cm³/mol. The third kappa shape index (κ3) is 10.6. The van der Waals surface area contributed by atoms with E-state index in [0.29, 0.717) is 29.4 Å². The number of halogens is 4. The van der Waals surface area contributed by atoms with Crippen LogP contribution in [0.1, 0.15) is 43.7 Å². The second-order valence-electron chi connectivity index (χ2n) is 10.7. The molecule has 1 aliphatic rings. The number of anilines is 2. The van der Waals surface area contributed by atoms with E-state index >= 15 is 0 Å². The first-order valence-electron chi connectivity index (χ1n) is 14.2. The first kappa shape index (κ1) is 35.0. The molecule has 0 unspecified atom stereocenters. The summed E-state index contributed by atoms with van der Waals surface area (Å²) in [5, 5.41) is 3.09. The number of nitrogens with zero attached hydrogens (tertiary/aromatic N) is 2. The van der Waals surface area contributed by atoms with Gasteiger partial charge in [-0.2, -0.15) is 13.2 Å². The van der Waals surface area contributed by atoms with Gasteiger partial charge in [0.15, 0.2) is 0 Å². The van der Waals surface area contributed by atoms with Gasteiger partial charge in [-0.05, 0) is 85.5 Å². The highest BCUT2D eigenvalue weighted by Gasteiger charge is 2.30. The molecule has 13 heteroatoms. The molecule has 0 radical (unpaired) electrons. The minimum Gasteiger partial charge on any atom is -0.457 e. The van der Waals surface area contributed by atoms with E-state index in [1.807, 2.05) is 31.2 Å². The van der Waals surface area contributed by atoms with Crippen molar-refractivity contribution in [2.75, 3.05) is 35.5 Å². The van der Waals surface area contributed by atoms with Gasteiger partial charge in [0.2, 0.25) is 10.0 Å². The van der Waals surface area contributed by atoms with Gasteiger partial charge in [-0.15, -0.1) is 12.4 Å². The third-order valence-corrected chi connectivity index (χ3v) is 7.73. The number of ether oxygens (including phenoxy) is 1. The number of carbonyl (C=O) groups excluding carboxylic acids is 1. The number of unbranched alkanes of at least 4 members (excludes halogenated alkanes) is 1. The minimum absolute atomic E-state index is 0. The second-order valence-corrected chi connectivity index (χ2v) is 12.4. The Labute approximate surface area is 263 Å². The van der Waals surface area contributed by atoms with Crippen LogP contribution in [0.25, 0.3) is 0 Å². The average molecular weight is 655 g/mol. The topological polar surface area (TPSA) is 91.0 Å². The summed E-state index contributed by atoms with van der Waals surface area (Å²) >= 11 is 0. The maximum atomic E-state index is 13.1. The van der Waals surface area contributed by atoms with Crippen molar-refractivity contribution in [3.63, 3.8) is 0 Å². The molecule has 2 N–H and O–H groups in total. The Hall–Kier alpha value is -3.48. The lowest BCUT2D eigenvalue weighted by Gasteiger charge is -2.34. The van der Waals surface area contributed by atoms with Crippen molar-refractivity contribution in [2.24, 2.45) is 0 Å². The smallest absolute Gasteiger partial charge is 0.416 e. The van der Waals surface area contributed by atoms with Crippen LogP contribution in [0.5, 0.6) is 11.5 Å². The van der Waals surface area contributed by atoms with Gasteiger partial charge in [0, 0.05) is 43.6 Å². The zero-order valence-electron chi connectivity index (χ0n) is 24.6. The third-order valence-electron chi connectivity index (χ3n) is 7.12. The number of alkyl halides is 3.